The Hall–Kier alpha value is -1.88. The number of rotatable bonds is 5. The third-order valence-electron chi connectivity index (χ3n) is 3.75. The Balaban J connectivity index is 2.06. The van der Waals surface area contributed by atoms with Crippen LogP contribution in [0.1, 0.15) is 32.4 Å². The molecule has 1 aromatic rings. The van der Waals surface area contributed by atoms with Gasteiger partial charge in [0.2, 0.25) is 5.91 Å². The molecule has 0 bridgehead atoms. The van der Waals surface area contributed by atoms with Crippen LogP contribution in [-0.2, 0) is 4.79 Å². The van der Waals surface area contributed by atoms with Gasteiger partial charge in [-0.2, -0.15) is 0 Å². The van der Waals surface area contributed by atoms with Crippen molar-refractivity contribution >= 4 is 11.9 Å². The summed E-state index contributed by atoms with van der Waals surface area (Å²) in [4.78, 5) is 25.2. The topological polar surface area (TPSA) is 61.4 Å². The normalized spacial score (nSPS) is 17.7. The maximum absolute atomic E-state index is 12.3. The molecule has 5 nitrogen and oxygen atoms in total. The number of imide groups is 1. The van der Waals surface area contributed by atoms with Crippen LogP contribution in [0.5, 0.6) is 0 Å². The van der Waals surface area contributed by atoms with Gasteiger partial charge in [0.15, 0.2) is 0 Å². The second-order valence-corrected chi connectivity index (χ2v) is 5.74. The first-order valence-corrected chi connectivity index (χ1v) is 7.41. The highest BCUT2D eigenvalue weighted by Gasteiger charge is 2.31. The molecule has 1 aromatic carbocycles. The first kappa shape index (κ1) is 15.5. The van der Waals surface area contributed by atoms with Crippen molar-refractivity contribution in [3.05, 3.63) is 35.9 Å². The lowest BCUT2D eigenvalue weighted by atomic mass is 9.95. The zero-order valence-electron chi connectivity index (χ0n) is 12.8. The van der Waals surface area contributed by atoms with Crippen LogP contribution in [0.2, 0.25) is 0 Å². The molecule has 0 spiro atoms. The summed E-state index contributed by atoms with van der Waals surface area (Å²) in [5.41, 5.74) is 1.15. The molecule has 0 aliphatic carbocycles. The van der Waals surface area contributed by atoms with E-state index in [0.717, 1.165) is 5.56 Å². The monoisotopic (exact) mass is 289 g/mol. The van der Waals surface area contributed by atoms with Crippen molar-refractivity contribution < 1.29 is 9.59 Å². The van der Waals surface area contributed by atoms with Crippen LogP contribution in [0, 0.1) is 5.92 Å². The van der Waals surface area contributed by atoms with E-state index >= 15 is 0 Å². The lowest BCUT2D eigenvalue weighted by Crippen LogP contribution is -2.47. The Bertz CT molecular complexity index is 502. The largest absolute Gasteiger partial charge is 0.336 e. The molecule has 1 saturated heterocycles. The van der Waals surface area contributed by atoms with Crippen molar-refractivity contribution in [1.82, 2.24) is 15.5 Å². The van der Waals surface area contributed by atoms with Gasteiger partial charge in [0.25, 0.3) is 0 Å². The zero-order chi connectivity index (χ0) is 15.4. The molecule has 114 valence electrons. The van der Waals surface area contributed by atoms with Gasteiger partial charge in [-0.25, -0.2) is 4.79 Å². The number of hydrogen-bond acceptors (Lipinski definition) is 3. The summed E-state index contributed by atoms with van der Waals surface area (Å²) in [6.07, 6.45) is 0. The lowest BCUT2D eigenvalue weighted by Gasteiger charge is -2.28. The van der Waals surface area contributed by atoms with Gasteiger partial charge >= 0.3 is 6.03 Å². The van der Waals surface area contributed by atoms with Crippen molar-refractivity contribution in [1.29, 1.82) is 0 Å². The third kappa shape index (κ3) is 3.61. The summed E-state index contributed by atoms with van der Waals surface area (Å²) in [5.74, 6) is 0.168. The van der Waals surface area contributed by atoms with E-state index in [1.165, 1.54) is 4.90 Å². The molecule has 1 aliphatic heterocycles. The molecule has 1 aliphatic rings. The number of carbonyl (C=O) groups is 2. The van der Waals surface area contributed by atoms with Gasteiger partial charge in [0.1, 0.15) is 0 Å². The number of amides is 3. The van der Waals surface area contributed by atoms with E-state index in [-0.39, 0.29) is 18.0 Å². The SMILES string of the molecule is CC(C)[C@H](N[C@@H](C)C(=O)N1CCNC1=O)c1ccccc1. The highest BCUT2D eigenvalue weighted by molar-refractivity contribution is 5.98. The molecule has 0 radical (unpaired) electrons. The minimum atomic E-state index is -0.401. The molecule has 1 fully saturated rings. The fraction of sp³-hybridized carbons (Fsp3) is 0.500. The van der Waals surface area contributed by atoms with Crippen molar-refractivity contribution in [3.8, 4) is 0 Å². The van der Waals surface area contributed by atoms with Crippen LogP contribution in [0.15, 0.2) is 30.3 Å². The first-order chi connectivity index (χ1) is 10.0. The minimum absolute atomic E-state index is 0.0795. The fourth-order valence-electron chi connectivity index (χ4n) is 2.59. The average molecular weight is 289 g/mol. The standard InChI is InChI=1S/C16H23N3O2/c1-11(2)14(13-7-5-4-6-8-13)18-12(3)15(20)19-10-9-17-16(19)21/h4-8,11-12,14,18H,9-10H2,1-3H3,(H,17,21)/t12-,14-/m0/s1. The predicted octanol–water partition coefficient (Wildman–Crippen LogP) is 1.91. The number of carbonyl (C=O) groups excluding carboxylic acids is 2. The molecule has 0 saturated carbocycles. The summed E-state index contributed by atoms with van der Waals surface area (Å²) in [6, 6.07) is 9.45. The Morgan fingerprint density at radius 1 is 1.24 bits per heavy atom. The molecule has 21 heavy (non-hydrogen) atoms. The number of nitrogens with one attached hydrogen (secondary N) is 2. The van der Waals surface area contributed by atoms with Gasteiger partial charge in [-0.1, -0.05) is 44.2 Å². The molecule has 2 rings (SSSR count). The summed E-state index contributed by atoms with van der Waals surface area (Å²) in [7, 11) is 0. The van der Waals surface area contributed by atoms with Gasteiger partial charge in [0, 0.05) is 19.1 Å². The minimum Gasteiger partial charge on any atom is -0.336 e. The van der Waals surface area contributed by atoms with Crippen molar-refractivity contribution in [2.24, 2.45) is 5.92 Å². The van der Waals surface area contributed by atoms with Gasteiger partial charge in [0.05, 0.1) is 6.04 Å². The third-order valence-corrected chi connectivity index (χ3v) is 3.75. The highest BCUT2D eigenvalue weighted by Crippen LogP contribution is 2.22. The molecule has 0 unspecified atom stereocenters. The van der Waals surface area contributed by atoms with Crippen LogP contribution in [0.25, 0.3) is 0 Å². The zero-order valence-corrected chi connectivity index (χ0v) is 12.8. The Morgan fingerprint density at radius 3 is 2.43 bits per heavy atom. The summed E-state index contributed by atoms with van der Waals surface area (Å²) >= 11 is 0. The predicted molar refractivity (Wildman–Crippen MR) is 81.7 cm³/mol. The molecule has 5 heteroatoms. The van der Waals surface area contributed by atoms with Crippen LogP contribution in [0.4, 0.5) is 4.79 Å². The van der Waals surface area contributed by atoms with Crippen molar-refractivity contribution in [2.45, 2.75) is 32.9 Å². The lowest BCUT2D eigenvalue weighted by molar-refractivity contribution is -0.129. The number of urea groups is 1. The Labute approximate surface area is 125 Å². The maximum Gasteiger partial charge on any atom is 0.324 e. The Morgan fingerprint density at radius 2 is 1.90 bits per heavy atom. The van der Waals surface area contributed by atoms with E-state index in [9.17, 15) is 9.59 Å². The van der Waals surface area contributed by atoms with Gasteiger partial charge in [-0.05, 0) is 18.4 Å². The number of hydrogen-bond donors (Lipinski definition) is 2. The van der Waals surface area contributed by atoms with Crippen LogP contribution in [0.3, 0.4) is 0 Å². The summed E-state index contributed by atoms with van der Waals surface area (Å²) in [5, 5.41) is 6.01. The second kappa shape index (κ2) is 6.72. The molecule has 1 heterocycles. The molecular weight excluding hydrogens is 266 g/mol. The van der Waals surface area contributed by atoms with Crippen molar-refractivity contribution in [2.75, 3.05) is 13.1 Å². The van der Waals surface area contributed by atoms with E-state index in [0.29, 0.717) is 19.0 Å². The van der Waals surface area contributed by atoms with E-state index < -0.39 is 6.04 Å². The summed E-state index contributed by atoms with van der Waals surface area (Å²) in [6.45, 7) is 7.02. The van der Waals surface area contributed by atoms with E-state index in [4.69, 9.17) is 0 Å². The van der Waals surface area contributed by atoms with Crippen molar-refractivity contribution in [3.63, 3.8) is 0 Å². The quantitative estimate of drug-likeness (QED) is 0.870. The number of benzene rings is 1. The van der Waals surface area contributed by atoms with E-state index in [1.807, 2.05) is 25.1 Å². The molecule has 2 atom stereocenters. The molecular formula is C16H23N3O2. The number of nitrogens with zero attached hydrogens (tertiary/aromatic N) is 1. The fourth-order valence-corrected chi connectivity index (χ4v) is 2.59. The second-order valence-electron chi connectivity index (χ2n) is 5.74. The highest BCUT2D eigenvalue weighted by atomic mass is 16.2. The maximum atomic E-state index is 12.3. The average Bonchev–Trinajstić information content (AvgIpc) is 2.90. The Kier molecular flexibility index (Phi) is 4.96. The van der Waals surface area contributed by atoms with Crippen LogP contribution in [-0.4, -0.2) is 36.0 Å². The first-order valence-electron chi connectivity index (χ1n) is 7.41. The van der Waals surface area contributed by atoms with Gasteiger partial charge in [-0.3, -0.25) is 15.0 Å². The van der Waals surface area contributed by atoms with E-state index in [1.54, 1.807) is 0 Å². The molecule has 2 N–H and O–H groups in total. The summed E-state index contributed by atoms with van der Waals surface area (Å²) < 4.78 is 0. The molecule has 0 aromatic heterocycles. The van der Waals surface area contributed by atoms with E-state index in [2.05, 4.69) is 36.6 Å². The molecule has 3 amide bonds. The van der Waals surface area contributed by atoms with Crippen LogP contribution >= 0.6 is 0 Å². The van der Waals surface area contributed by atoms with Gasteiger partial charge in [-0.15, -0.1) is 0 Å². The van der Waals surface area contributed by atoms with Gasteiger partial charge < -0.3 is 5.32 Å². The smallest absolute Gasteiger partial charge is 0.324 e. The van der Waals surface area contributed by atoms with Crippen LogP contribution < -0.4 is 10.6 Å².